The molecule has 11 nitrogen and oxygen atoms in total. The summed E-state index contributed by atoms with van der Waals surface area (Å²) in [6, 6.07) is 6.94. The Morgan fingerprint density at radius 3 is 2.51 bits per heavy atom. The van der Waals surface area contributed by atoms with E-state index in [2.05, 4.69) is 26.8 Å². The first-order chi connectivity index (χ1) is 21.4. The van der Waals surface area contributed by atoms with Gasteiger partial charge in [0.05, 0.1) is 19.3 Å². The number of carbonyl (C=O) groups is 2. The zero-order valence-electron chi connectivity index (χ0n) is 26.6. The lowest BCUT2D eigenvalue weighted by molar-refractivity contribution is -0.136. The van der Waals surface area contributed by atoms with Gasteiger partial charge in [-0.1, -0.05) is 27.4 Å². The summed E-state index contributed by atoms with van der Waals surface area (Å²) in [5.41, 5.74) is 4.37. The first-order valence-electron chi connectivity index (χ1n) is 15.6. The lowest BCUT2D eigenvalue weighted by Gasteiger charge is -2.34. The minimum atomic E-state index is -2.57. The van der Waals surface area contributed by atoms with Gasteiger partial charge >= 0.3 is 6.03 Å². The Labute approximate surface area is 268 Å². The Kier molecular flexibility index (Phi) is 10.0. The predicted octanol–water partition coefficient (Wildman–Crippen LogP) is 4.41. The molecule has 0 bridgehead atoms. The summed E-state index contributed by atoms with van der Waals surface area (Å²) >= 11 is -2.57. The molecule has 2 fully saturated rings. The van der Waals surface area contributed by atoms with Crippen molar-refractivity contribution in [3.05, 3.63) is 53.1 Å². The molecule has 3 amide bonds. The molecular weight excluding hydrogens is 594 g/mol. The number of carbonyl (C=O) groups excluding carboxylic acids is 2. The number of amides is 3. The average molecular weight is 639 g/mol. The number of nitrogens with one attached hydrogen (secondary N) is 3. The van der Waals surface area contributed by atoms with Crippen molar-refractivity contribution < 1.29 is 27.8 Å². The second kappa shape index (κ2) is 13.8. The lowest BCUT2D eigenvalue weighted by Crippen LogP contribution is -2.51. The highest BCUT2D eigenvalue weighted by Crippen LogP contribution is 2.39. The second-order valence-electron chi connectivity index (χ2n) is 13.1. The molecule has 3 aliphatic rings. The summed E-state index contributed by atoms with van der Waals surface area (Å²) < 4.78 is 36.7. The van der Waals surface area contributed by atoms with Crippen LogP contribution in [0.5, 0.6) is 11.5 Å². The Morgan fingerprint density at radius 1 is 1.11 bits per heavy atom. The first-order valence-corrected chi connectivity index (χ1v) is 16.6. The van der Waals surface area contributed by atoms with E-state index in [0.717, 1.165) is 61.3 Å². The fourth-order valence-electron chi connectivity index (χ4n) is 5.99. The number of fused-ring (bicyclic) bond motifs is 1. The van der Waals surface area contributed by atoms with Crippen molar-refractivity contribution in [1.29, 1.82) is 0 Å². The van der Waals surface area contributed by atoms with Gasteiger partial charge in [-0.2, -0.15) is 0 Å². The molecule has 1 unspecified atom stereocenters. The monoisotopic (exact) mass is 638 g/mol. The van der Waals surface area contributed by atoms with E-state index < -0.39 is 17.3 Å². The van der Waals surface area contributed by atoms with Crippen LogP contribution in [0.25, 0.3) is 5.70 Å². The van der Waals surface area contributed by atoms with Crippen molar-refractivity contribution in [3.63, 3.8) is 0 Å². The molecule has 1 saturated carbocycles. The van der Waals surface area contributed by atoms with Crippen molar-refractivity contribution in [2.75, 3.05) is 57.1 Å². The van der Waals surface area contributed by atoms with Crippen LogP contribution in [0.3, 0.4) is 0 Å². The number of ether oxygens (including phenoxy) is 2. The lowest BCUT2D eigenvalue weighted by atomic mass is 9.85. The number of benzene rings is 2. The van der Waals surface area contributed by atoms with Gasteiger partial charge in [-0.15, -0.1) is 0 Å². The van der Waals surface area contributed by atoms with Gasteiger partial charge in [0.25, 0.3) is 0 Å². The van der Waals surface area contributed by atoms with Crippen LogP contribution < -0.4 is 24.8 Å². The highest BCUT2D eigenvalue weighted by Gasteiger charge is 2.30. The molecule has 2 aliphatic carbocycles. The molecular formula is C33H44N5O6S-. The third kappa shape index (κ3) is 8.16. The van der Waals surface area contributed by atoms with Crippen LogP contribution in [-0.4, -0.2) is 76.9 Å². The molecule has 12 heteroatoms. The minimum Gasteiger partial charge on any atom is -0.755 e. The molecule has 2 aromatic carbocycles. The maximum Gasteiger partial charge on any atom is 0.323 e. The third-order valence-corrected chi connectivity index (χ3v) is 9.08. The maximum atomic E-state index is 13.3. The van der Waals surface area contributed by atoms with Crippen molar-refractivity contribution in [2.24, 2.45) is 5.92 Å². The normalized spacial score (nSPS) is 17.4. The van der Waals surface area contributed by atoms with Gasteiger partial charge in [0.2, 0.25) is 5.91 Å². The number of methoxy groups -OCH3 is 1. The average Bonchev–Trinajstić information content (AvgIpc) is 3.65. The van der Waals surface area contributed by atoms with E-state index in [1.807, 2.05) is 49.9 Å². The molecule has 0 aromatic heterocycles. The number of hydrogen-bond donors (Lipinski definition) is 3. The van der Waals surface area contributed by atoms with Crippen molar-refractivity contribution in [1.82, 2.24) is 14.5 Å². The summed E-state index contributed by atoms with van der Waals surface area (Å²) in [6.45, 7) is 14.1. The Bertz CT molecular complexity index is 1480. The molecule has 0 radical (unpaired) electrons. The van der Waals surface area contributed by atoms with E-state index in [1.54, 1.807) is 0 Å². The number of nitrogens with zero attached hydrogens (tertiary/aromatic N) is 2. The number of hydrogen-bond acceptors (Lipinski definition) is 7. The zero-order valence-corrected chi connectivity index (χ0v) is 27.4. The second-order valence-corrected chi connectivity index (χ2v) is 13.8. The van der Waals surface area contributed by atoms with E-state index in [9.17, 15) is 18.4 Å². The molecule has 3 N–H and O–H groups in total. The van der Waals surface area contributed by atoms with E-state index in [0.29, 0.717) is 48.3 Å². The Hall–Kier alpha value is -3.61. The standard InChI is InChI=1S/C33H45N5O6S/c1-21(36-45(41)42)26-17-23(33(2,3)4)18-28(31(26)43-5)35-32(40)34-27-11-12-29(25-8-6-7-24(25)27)44-16-15-37-13-14-38(30(39)20-37)19-22-9-10-22/h11-12,17-18,22,36H,1,6-10,13-16,19-20H2,2-5H3,(H,41,42)(H2,34,35,40)/p-1. The van der Waals surface area contributed by atoms with Crippen LogP contribution >= 0.6 is 0 Å². The van der Waals surface area contributed by atoms with Gasteiger partial charge in [0.15, 0.2) is 5.75 Å². The Morgan fingerprint density at radius 2 is 1.84 bits per heavy atom. The molecule has 1 saturated heterocycles. The van der Waals surface area contributed by atoms with Crippen LogP contribution in [0, 0.1) is 5.92 Å². The molecule has 0 spiro atoms. The third-order valence-electron chi connectivity index (χ3n) is 8.67. The van der Waals surface area contributed by atoms with Gasteiger partial charge in [-0.25, -0.2) is 4.79 Å². The molecule has 244 valence electrons. The van der Waals surface area contributed by atoms with E-state index in [1.165, 1.54) is 20.0 Å². The fourth-order valence-corrected chi connectivity index (χ4v) is 6.30. The first kappa shape index (κ1) is 32.8. The van der Waals surface area contributed by atoms with Crippen molar-refractivity contribution >= 4 is 40.3 Å². The minimum absolute atomic E-state index is 0.130. The number of urea groups is 1. The summed E-state index contributed by atoms with van der Waals surface area (Å²) in [7, 11) is 1.46. The topological polar surface area (TPSA) is 135 Å². The SMILES string of the molecule is C=C(NS(=O)[O-])c1cc(C(C)(C)C)cc(NC(=O)Nc2ccc(OCCN3CCN(CC4CC4)C(=O)C3)c3c2CCC3)c1OC. The molecule has 45 heavy (non-hydrogen) atoms. The van der Waals surface area contributed by atoms with Crippen LogP contribution in [0.15, 0.2) is 30.8 Å². The summed E-state index contributed by atoms with van der Waals surface area (Å²) in [4.78, 5) is 30.0. The van der Waals surface area contributed by atoms with Gasteiger partial charge in [-0.05, 0) is 84.4 Å². The van der Waals surface area contributed by atoms with E-state index in [-0.39, 0.29) is 17.0 Å². The largest absolute Gasteiger partial charge is 0.755 e. The van der Waals surface area contributed by atoms with Gasteiger partial charge in [-0.3, -0.25) is 13.9 Å². The number of piperazine rings is 1. The quantitative estimate of drug-likeness (QED) is 0.293. The summed E-state index contributed by atoms with van der Waals surface area (Å²) in [6.07, 6.45) is 5.14. The van der Waals surface area contributed by atoms with E-state index in [4.69, 9.17) is 9.47 Å². The fraction of sp³-hybridized carbons (Fsp3) is 0.515. The van der Waals surface area contributed by atoms with Crippen LogP contribution in [-0.2, 0) is 34.3 Å². The predicted molar refractivity (Wildman–Crippen MR) is 175 cm³/mol. The number of rotatable bonds is 12. The maximum absolute atomic E-state index is 13.3. The Balaban J connectivity index is 1.24. The summed E-state index contributed by atoms with van der Waals surface area (Å²) in [5.74, 6) is 2.03. The number of anilines is 2. The van der Waals surface area contributed by atoms with Crippen LogP contribution in [0.4, 0.5) is 16.2 Å². The summed E-state index contributed by atoms with van der Waals surface area (Å²) in [5, 5.41) is 5.90. The molecule has 1 aliphatic heterocycles. The van der Waals surface area contributed by atoms with Gasteiger partial charge in [0.1, 0.15) is 12.4 Å². The van der Waals surface area contributed by atoms with Crippen molar-refractivity contribution in [2.45, 2.75) is 58.3 Å². The molecule has 1 heterocycles. The van der Waals surface area contributed by atoms with Crippen LogP contribution in [0.2, 0.25) is 0 Å². The van der Waals surface area contributed by atoms with Gasteiger partial charge < -0.3 is 34.3 Å². The van der Waals surface area contributed by atoms with E-state index >= 15 is 0 Å². The molecule has 1 atom stereocenters. The van der Waals surface area contributed by atoms with Crippen LogP contribution in [0.1, 0.15) is 62.3 Å². The zero-order chi connectivity index (χ0) is 32.3. The van der Waals surface area contributed by atoms with Crippen molar-refractivity contribution in [3.8, 4) is 11.5 Å². The van der Waals surface area contributed by atoms with Gasteiger partial charge in [0, 0.05) is 54.4 Å². The highest BCUT2D eigenvalue weighted by atomic mass is 32.2. The molecule has 2 aromatic rings. The smallest absolute Gasteiger partial charge is 0.323 e. The highest BCUT2D eigenvalue weighted by molar-refractivity contribution is 7.77. The molecule has 5 rings (SSSR count).